The molecule has 0 saturated heterocycles. The number of carbonyl (C=O) groups is 2. The highest BCUT2D eigenvalue weighted by Crippen LogP contribution is 2.37. The molecule has 1 aliphatic rings. The molecular weight excluding hydrogens is 335 g/mol. The van der Waals surface area contributed by atoms with E-state index in [9.17, 15) is 18.2 Å². The Morgan fingerprint density at radius 2 is 1.23 bits per heavy atom. The van der Waals surface area contributed by atoms with Gasteiger partial charge in [-0.2, -0.15) is 0 Å². The Labute approximate surface area is 149 Å². The summed E-state index contributed by atoms with van der Waals surface area (Å²) in [6.07, 6.45) is 0. The normalized spacial score (nSPS) is 12.4. The van der Waals surface area contributed by atoms with Crippen molar-refractivity contribution in [2.24, 2.45) is 0 Å². The van der Waals surface area contributed by atoms with Gasteiger partial charge in [0.2, 0.25) is 0 Å². The maximum absolute atomic E-state index is 13.9. The van der Waals surface area contributed by atoms with E-state index in [1.165, 1.54) is 30.3 Å². The van der Waals surface area contributed by atoms with E-state index >= 15 is 0 Å². The van der Waals surface area contributed by atoms with Crippen molar-refractivity contribution in [2.45, 2.75) is 0 Å². The van der Waals surface area contributed by atoms with E-state index in [4.69, 9.17) is 0 Å². The minimum absolute atomic E-state index is 0.0142. The van der Waals surface area contributed by atoms with Crippen LogP contribution in [0.1, 0.15) is 31.8 Å². The monoisotopic (exact) mass is 347 g/mol. The number of para-hydroxylation sites is 1. The van der Waals surface area contributed by atoms with Crippen molar-refractivity contribution in [3.8, 4) is 0 Å². The fraction of sp³-hybridized carbons (Fsp3) is 0. The number of fused-ring (bicyclic) bond motifs is 2. The summed E-state index contributed by atoms with van der Waals surface area (Å²) in [6, 6.07) is 19.0. The maximum atomic E-state index is 13.9. The Kier molecular flexibility index (Phi) is 3.88. The number of hydrogen-bond donors (Lipinski definition) is 0. The second kappa shape index (κ2) is 6.22. The zero-order valence-corrected chi connectivity index (χ0v) is 13.5. The molecule has 0 saturated carbocycles. The molecule has 6 heteroatoms. The average Bonchev–Trinajstić information content (AvgIpc) is 2.67. The molecule has 0 amide bonds. The topological polar surface area (TPSA) is 37.4 Å². The molecule has 0 atom stereocenters. The van der Waals surface area contributed by atoms with Gasteiger partial charge in [0.25, 0.3) is 0 Å². The molecule has 1 aliphatic carbocycles. The van der Waals surface area contributed by atoms with Crippen molar-refractivity contribution in [3.63, 3.8) is 0 Å². The first kappa shape index (κ1) is 16.2. The van der Waals surface area contributed by atoms with Crippen molar-refractivity contribution in [2.75, 3.05) is 4.81 Å². The smallest absolute Gasteiger partial charge is 0.325 e. The lowest BCUT2D eigenvalue weighted by atomic mass is 9.82. The maximum Gasteiger partial charge on any atom is 0.678 e. The van der Waals surface area contributed by atoms with Crippen LogP contribution in [0.5, 0.6) is 0 Å². The Morgan fingerprint density at radius 3 is 1.88 bits per heavy atom. The molecule has 4 rings (SSSR count). The van der Waals surface area contributed by atoms with Gasteiger partial charge in [-0.3, -0.25) is 18.2 Å². The molecule has 0 N–H and O–H groups in total. The van der Waals surface area contributed by atoms with Gasteiger partial charge in [-0.1, -0.05) is 54.6 Å². The first-order valence-corrected chi connectivity index (χ1v) is 8.03. The second-order valence-corrected chi connectivity index (χ2v) is 5.89. The Morgan fingerprint density at radius 1 is 0.654 bits per heavy atom. The number of halogens is 2. The van der Waals surface area contributed by atoms with Crippen LogP contribution in [0.3, 0.4) is 0 Å². The molecule has 3 aromatic carbocycles. The Balaban J connectivity index is 1.96. The predicted octanol–water partition coefficient (Wildman–Crippen LogP) is 4.52. The number of carbonyl (C=O) groups excluding carboxylic acids is 2. The van der Waals surface area contributed by atoms with E-state index in [1.807, 2.05) is 0 Å². The lowest BCUT2D eigenvalue weighted by Crippen LogP contribution is -2.31. The van der Waals surface area contributed by atoms with Gasteiger partial charge >= 0.3 is 7.40 Å². The van der Waals surface area contributed by atoms with Crippen LogP contribution in [0.4, 0.5) is 20.0 Å². The van der Waals surface area contributed by atoms with E-state index in [1.54, 1.807) is 42.5 Å². The van der Waals surface area contributed by atoms with Gasteiger partial charge in [0, 0.05) is 28.1 Å². The van der Waals surface area contributed by atoms with Crippen LogP contribution in [0, 0.1) is 0 Å². The Bertz CT molecular complexity index is 1020. The summed E-state index contributed by atoms with van der Waals surface area (Å²) < 4.78 is 27.8. The van der Waals surface area contributed by atoms with Crippen LogP contribution in [0.2, 0.25) is 0 Å². The molecular formula is C20H12BF2NO2. The average molecular weight is 347 g/mol. The summed E-state index contributed by atoms with van der Waals surface area (Å²) >= 11 is 0. The number of benzene rings is 3. The van der Waals surface area contributed by atoms with Crippen molar-refractivity contribution in [1.29, 1.82) is 0 Å². The fourth-order valence-corrected chi connectivity index (χ4v) is 3.27. The number of hydrogen-bond acceptors (Lipinski definition) is 3. The van der Waals surface area contributed by atoms with Crippen LogP contribution in [-0.2, 0) is 0 Å². The van der Waals surface area contributed by atoms with Crippen molar-refractivity contribution >= 4 is 30.3 Å². The van der Waals surface area contributed by atoms with Gasteiger partial charge in [0.15, 0.2) is 11.6 Å². The zero-order valence-electron chi connectivity index (χ0n) is 13.5. The molecule has 3 aromatic rings. The first-order chi connectivity index (χ1) is 12.6. The van der Waals surface area contributed by atoms with Gasteiger partial charge in [0.1, 0.15) is 0 Å². The molecule has 0 heterocycles. The molecule has 0 aromatic heterocycles. The third-order valence-corrected chi connectivity index (χ3v) is 4.42. The molecule has 3 nitrogen and oxygen atoms in total. The summed E-state index contributed by atoms with van der Waals surface area (Å²) in [5.41, 5.74) is 0.963. The fourth-order valence-electron chi connectivity index (χ4n) is 3.27. The molecule has 0 radical (unpaired) electrons. The minimum atomic E-state index is -2.87. The Hall–Kier alpha value is -3.28. The van der Waals surface area contributed by atoms with E-state index < -0.39 is 13.2 Å². The highest BCUT2D eigenvalue weighted by Gasteiger charge is 2.36. The first-order valence-electron chi connectivity index (χ1n) is 8.03. The predicted molar refractivity (Wildman–Crippen MR) is 96.3 cm³/mol. The molecule has 0 bridgehead atoms. The van der Waals surface area contributed by atoms with Crippen molar-refractivity contribution < 1.29 is 18.2 Å². The van der Waals surface area contributed by atoms with Crippen molar-refractivity contribution in [1.82, 2.24) is 0 Å². The van der Waals surface area contributed by atoms with Gasteiger partial charge in [0.05, 0.1) is 5.56 Å². The highest BCUT2D eigenvalue weighted by atomic mass is 19.2. The zero-order chi connectivity index (χ0) is 18.3. The summed E-state index contributed by atoms with van der Waals surface area (Å²) in [6.45, 7) is 0. The molecule has 0 fully saturated rings. The molecule has 26 heavy (non-hydrogen) atoms. The van der Waals surface area contributed by atoms with Gasteiger partial charge < -0.3 is 4.81 Å². The van der Waals surface area contributed by atoms with E-state index in [2.05, 4.69) is 0 Å². The largest absolute Gasteiger partial charge is 0.678 e. The van der Waals surface area contributed by atoms with Gasteiger partial charge in [-0.05, 0) is 18.2 Å². The van der Waals surface area contributed by atoms with Crippen LogP contribution in [0.25, 0.3) is 0 Å². The molecule has 0 aliphatic heterocycles. The highest BCUT2D eigenvalue weighted by molar-refractivity contribution is 6.51. The quantitative estimate of drug-likeness (QED) is 0.511. The minimum Gasteiger partial charge on any atom is -0.325 e. The SMILES string of the molecule is O=C1c2ccccc2C(=O)c2c1cccc2N(B(F)F)c1ccccc1. The standard InChI is InChI=1S/C20H12BF2NO2/c22-21(23)24(13-7-2-1-3-8-13)17-12-6-11-16-18(17)20(26)15-10-5-4-9-14(15)19(16)25/h1-12H. The van der Waals surface area contributed by atoms with Gasteiger partial charge in [-0.15, -0.1) is 0 Å². The number of nitrogens with zero attached hydrogens (tertiary/aromatic N) is 1. The summed E-state index contributed by atoms with van der Waals surface area (Å²) in [7, 11) is -2.87. The second-order valence-electron chi connectivity index (χ2n) is 5.89. The number of ketones is 2. The third-order valence-electron chi connectivity index (χ3n) is 4.42. The van der Waals surface area contributed by atoms with Crippen LogP contribution < -0.4 is 4.81 Å². The van der Waals surface area contributed by atoms with E-state index in [0.717, 1.165) is 4.81 Å². The van der Waals surface area contributed by atoms with Gasteiger partial charge in [-0.25, -0.2) is 0 Å². The molecule has 126 valence electrons. The van der Waals surface area contributed by atoms with Crippen LogP contribution >= 0.6 is 0 Å². The van der Waals surface area contributed by atoms with Crippen molar-refractivity contribution in [3.05, 3.63) is 95.1 Å². The molecule has 0 unspecified atom stereocenters. The summed E-state index contributed by atoms with van der Waals surface area (Å²) in [5, 5.41) is 0. The van der Waals surface area contributed by atoms with E-state index in [-0.39, 0.29) is 33.8 Å². The molecule has 0 spiro atoms. The summed E-state index contributed by atoms with van der Waals surface area (Å²) in [4.78, 5) is 26.6. The lowest BCUT2D eigenvalue weighted by Gasteiger charge is -2.27. The number of anilines is 2. The number of rotatable bonds is 3. The van der Waals surface area contributed by atoms with Crippen LogP contribution in [0.15, 0.2) is 72.8 Å². The van der Waals surface area contributed by atoms with Crippen LogP contribution in [-0.4, -0.2) is 19.0 Å². The van der Waals surface area contributed by atoms with E-state index in [0.29, 0.717) is 5.56 Å². The third kappa shape index (κ3) is 2.42. The lowest BCUT2D eigenvalue weighted by molar-refractivity contribution is 0.0979. The summed E-state index contributed by atoms with van der Waals surface area (Å²) in [5.74, 6) is -0.758.